The second kappa shape index (κ2) is 6.76. The monoisotopic (exact) mass is 347 g/mol. The smallest absolute Gasteiger partial charge is 0.251 e. The standard InChI is InChI=1S/C18H19F2N3O2/c1-22-7-5-12(10-16(22)24)18(25)21-15-6-8-23(2)17(15)11-3-4-13(19)14(20)9-11/h3-5,7,9-10,15,17H,6,8H2,1-2H3,(H,21,25)/t15-,17-/m0/s1. The molecule has 2 heterocycles. The average Bonchev–Trinajstić information content (AvgIpc) is 2.93. The Kier molecular flexibility index (Phi) is 4.67. The maximum atomic E-state index is 13.6. The minimum absolute atomic E-state index is 0.258. The van der Waals surface area contributed by atoms with Crippen molar-refractivity contribution in [3.63, 3.8) is 0 Å². The van der Waals surface area contributed by atoms with Gasteiger partial charge in [0.2, 0.25) is 0 Å². The van der Waals surface area contributed by atoms with Crippen LogP contribution in [0.1, 0.15) is 28.4 Å². The van der Waals surface area contributed by atoms with Crippen molar-refractivity contribution in [2.24, 2.45) is 7.05 Å². The molecule has 132 valence electrons. The van der Waals surface area contributed by atoms with Gasteiger partial charge in [-0.25, -0.2) is 8.78 Å². The van der Waals surface area contributed by atoms with Crippen LogP contribution in [0, 0.1) is 11.6 Å². The number of carbonyl (C=O) groups is 1. The van der Waals surface area contributed by atoms with Crippen LogP contribution in [0.3, 0.4) is 0 Å². The Bertz CT molecular complexity index is 866. The molecule has 0 radical (unpaired) electrons. The summed E-state index contributed by atoms with van der Waals surface area (Å²) in [6.07, 6.45) is 2.21. The number of nitrogens with zero attached hydrogens (tertiary/aromatic N) is 2. The number of likely N-dealkylation sites (tertiary alicyclic amines) is 1. The Morgan fingerprint density at radius 2 is 1.92 bits per heavy atom. The average molecular weight is 347 g/mol. The molecular formula is C18H19F2N3O2. The first-order valence-corrected chi connectivity index (χ1v) is 7.99. The lowest BCUT2D eigenvalue weighted by Gasteiger charge is -2.26. The lowest BCUT2D eigenvalue weighted by Crippen LogP contribution is -2.39. The number of pyridine rings is 1. The van der Waals surface area contributed by atoms with Crippen molar-refractivity contribution >= 4 is 5.91 Å². The van der Waals surface area contributed by atoms with E-state index in [9.17, 15) is 18.4 Å². The molecule has 0 bridgehead atoms. The lowest BCUT2D eigenvalue weighted by atomic mass is 9.99. The van der Waals surface area contributed by atoms with Crippen LogP contribution in [-0.2, 0) is 7.05 Å². The fraction of sp³-hybridized carbons (Fsp3) is 0.333. The Labute approximate surface area is 143 Å². The Hall–Kier alpha value is -2.54. The zero-order valence-electron chi connectivity index (χ0n) is 14.0. The van der Waals surface area contributed by atoms with Crippen molar-refractivity contribution in [3.05, 3.63) is 69.6 Å². The van der Waals surface area contributed by atoms with E-state index in [0.717, 1.165) is 6.07 Å². The minimum atomic E-state index is -0.908. The molecule has 5 nitrogen and oxygen atoms in total. The maximum Gasteiger partial charge on any atom is 0.251 e. The highest BCUT2D eigenvalue weighted by Gasteiger charge is 2.34. The van der Waals surface area contributed by atoms with Crippen molar-refractivity contribution in [2.75, 3.05) is 13.6 Å². The first kappa shape index (κ1) is 17.3. The van der Waals surface area contributed by atoms with E-state index in [1.54, 1.807) is 13.1 Å². The van der Waals surface area contributed by atoms with Crippen LogP contribution in [0.5, 0.6) is 0 Å². The number of halogens is 2. The van der Waals surface area contributed by atoms with Gasteiger partial charge in [-0.1, -0.05) is 6.07 Å². The second-order valence-electron chi connectivity index (χ2n) is 6.33. The fourth-order valence-electron chi connectivity index (χ4n) is 3.22. The number of benzene rings is 1. The van der Waals surface area contributed by atoms with Crippen molar-refractivity contribution in [2.45, 2.75) is 18.5 Å². The third kappa shape index (κ3) is 3.46. The van der Waals surface area contributed by atoms with E-state index in [4.69, 9.17) is 0 Å². The van der Waals surface area contributed by atoms with Gasteiger partial charge in [0.25, 0.3) is 11.5 Å². The van der Waals surface area contributed by atoms with Crippen LogP contribution in [0.4, 0.5) is 8.78 Å². The van der Waals surface area contributed by atoms with Gasteiger partial charge in [-0.3, -0.25) is 14.5 Å². The SMILES string of the molecule is CN1CC[C@H](NC(=O)c2ccn(C)c(=O)c2)[C@@H]1c1ccc(F)c(F)c1. The van der Waals surface area contributed by atoms with Crippen LogP contribution < -0.4 is 10.9 Å². The van der Waals surface area contributed by atoms with E-state index in [-0.39, 0.29) is 29.1 Å². The molecule has 25 heavy (non-hydrogen) atoms. The largest absolute Gasteiger partial charge is 0.347 e. The molecule has 0 saturated carbocycles. The number of rotatable bonds is 3. The first-order valence-electron chi connectivity index (χ1n) is 7.99. The lowest BCUT2D eigenvalue weighted by molar-refractivity contribution is 0.0927. The molecule has 1 aliphatic heterocycles. The molecule has 2 atom stereocenters. The molecule has 2 aromatic rings. The topological polar surface area (TPSA) is 54.3 Å². The highest BCUT2D eigenvalue weighted by atomic mass is 19.2. The van der Waals surface area contributed by atoms with Gasteiger partial charge >= 0.3 is 0 Å². The van der Waals surface area contributed by atoms with Crippen LogP contribution in [0.25, 0.3) is 0 Å². The number of aryl methyl sites for hydroxylation is 1. The molecule has 1 aliphatic rings. The summed E-state index contributed by atoms with van der Waals surface area (Å²) in [5.41, 5.74) is 0.614. The molecule has 7 heteroatoms. The van der Waals surface area contributed by atoms with Gasteiger partial charge in [0, 0.05) is 31.4 Å². The third-order valence-electron chi connectivity index (χ3n) is 4.62. The molecule has 0 unspecified atom stereocenters. The van der Waals surface area contributed by atoms with Gasteiger partial charge in [0.1, 0.15) is 0 Å². The van der Waals surface area contributed by atoms with Crippen molar-refractivity contribution in [1.29, 1.82) is 0 Å². The number of nitrogens with one attached hydrogen (secondary N) is 1. The van der Waals surface area contributed by atoms with E-state index in [0.29, 0.717) is 18.5 Å². The summed E-state index contributed by atoms with van der Waals surface area (Å²) in [5, 5.41) is 2.91. The normalized spacial score (nSPS) is 20.6. The Morgan fingerprint density at radius 3 is 2.60 bits per heavy atom. The van der Waals surface area contributed by atoms with E-state index in [1.165, 1.54) is 29.0 Å². The zero-order chi connectivity index (χ0) is 18.1. The van der Waals surface area contributed by atoms with Crippen LogP contribution in [0.2, 0.25) is 0 Å². The summed E-state index contributed by atoms with van der Waals surface area (Å²) in [4.78, 5) is 26.1. The molecule has 1 saturated heterocycles. The summed E-state index contributed by atoms with van der Waals surface area (Å²) in [7, 11) is 3.48. The number of carbonyl (C=O) groups excluding carboxylic acids is 1. The van der Waals surface area contributed by atoms with Crippen LogP contribution >= 0.6 is 0 Å². The minimum Gasteiger partial charge on any atom is -0.347 e. The molecule has 1 amide bonds. The van der Waals surface area contributed by atoms with E-state index in [2.05, 4.69) is 5.32 Å². The molecule has 1 fully saturated rings. The number of aromatic nitrogens is 1. The quantitative estimate of drug-likeness (QED) is 0.922. The van der Waals surface area contributed by atoms with Gasteiger partial charge < -0.3 is 9.88 Å². The summed E-state index contributed by atoms with van der Waals surface area (Å²) in [6, 6.07) is 6.12. The molecule has 3 rings (SSSR count). The van der Waals surface area contributed by atoms with Gasteiger partial charge in [0.05, 0.1) is 12.1 Å². The van der Waals surface area contributed by atoms with Crippen molar-refractivity contribution < 1.29 is 13.6 Å². The van der Waals surface area contributed by atoms with E-state index in [1.807, 2.05) is 11.9 Å². The molecular weight excluding hydrogens is 328 g/mol. The van der Waals surface area contributed by atoms with E-state index >= 15 is 0 Å². The molecule has 1 aromatic carbocycles. The molecule has 1 N–H and O–H groups in total. The number of hydrogen-bond donors (Lipinski definition) is 1. The third-order valence-corrected chi connectivity index (χ3v) is 4.62. The highest BCUT2D eigenvalue weighted by Crippen LogP contribution is 2.31. The summed E-state index contributed by atoms with van der Waals surface area (Å²) >= 11 is 0. The first-order chi connectivity index (χ1) is 11.9. The van der Waals surface area contributed by atoms with Crippen molar-refractivity contribution in [1.82, 2.24) is 14.8 Å². The highest BCUT2D eigenvalue weighted by molar-refractivity contribution is 5.94. The molecule has 0 spiro atoms. The van der Waals surface area contributed by atoms with Crippen molar-refractivity contribution in [3.8, 4) is 0 Å². The van der Waals surface area contributed by atoms with Gasteiger partial charge in [-0.05, 0) is 37.2 Å². The summed E-state index contributed by atoms with van der Waals surface area (Å²) in [5.74, 6) is -2.16. The molecule has 0 aliphatic carbocycles. The predicted octanol–water partition coefficient (Wildman–Crippen LogP) is 1.84. The summed E-state index contributed by atoms with van der Waals surface area (Å²) < 4.78 is 28.1. The zero-order valence-corrected chi connectivity index (χ0v) is 14.0. The summed E-state index contributed by atoms with van der Waals surface area (Å²) in [6.45, 7) is 0.713. The fourth-order valence-corrected chi connectivity index (χ4v) is 3.22. The Balaban J connectivity index is 1.82. The second-order valence-corrected chi connectivity index (χ2v) is 6.33. The van der Waals surface area contributed by atoms with Crippen LogP contribution in [0.15, 0.2) is 41.3 Å². The maximum absolute atomic E-state index is 13.6. The Morgan fingerprint density at radius 1 is 1.16 bits per heavy atom. The van der Waals surface area contributed by atoms with Gasteiger partial charge in [-0.2, -0.15) is 0 Å². The number of likely N-dealkylation sites (N-methyl/N-ethyl adjacent to an activating group) is 1. The number of hydrogen-bond acceptors (Lipinski definition) is 3. The van der Waals surface area contributed by atoms with Gasteiger partial charge in [0.15, 0.2) is 11.6 Å². The predicted molar refractivity (Wildman–Crippen MR) is 89.3 cm³/mol. The van der Waals surface area contributed by atoms with Crippen LogP contribution in [-0.4, -0.2) is 35.0 Å². The van der Waals surface area contributed by atoms with E-state index < -0.39 is 11.6 Å². The number of amides is 1. The van der Waals surface area contributed by atoms with Gasteiger partial charge in [-0.15, -0.1) is 0 Å². The molecule has 1 aromatic heterocycles.